The molecule has 0 bridgehead atoms. The van der Waals surface area contributed by atoms with Crippen LogP contribution in [0.1, 0.15) is 51.2 Å². The molecule has 0 saturated carbocycles. The molecule has 9 heteroatoms. The van der Waals surface area contributed by atoms with E-state index in [-0.39, 0.29) is 6.42 Å². The van der Waals surface area contributed by atoms with Gasteiger partial charge in [-0.1, -0.05) is 28.9 Å². The molecule has 0 aliphatic carbocycles. The lowest BCUT2D eigenvalue weighted by Crippen LogP contribution is -2.15. The normalized spacial score (nSPS) is 14.5. The molecule has 34 heavy (non-hydrogen) atoms. The van der Waals surface area contributed by atoms with Gasteiger partial charge in [-0.3, -0.25) is 9.79 Å². The number of hydrogen-bond acceptors (Lipinski definition) is 6. The molecular formula is C25H20ClN5O2S. The standard InChI is InChI=1S/C25H20ClN5O2S/c1-13-19(9-8-17-11-28-12-31(17)3)34-25-21(13)23(15-4-6-16(26)7-5-15)29-18(10-20(27)32)24-22(25)14(2)30-33-24/h4-7,11-12,18H,10H2,1-3H3,(H2,27,32)/t18-/m0/s1. The highest BCUT2D eigenvalue weighted by molar-refractivity contribution is 7.16. The third kappa shape index (κ3) is 3.83. The summed E-state index contributed by atoms with van der Waals surface area (Å²) in [4.78, 5) is 22.9. The molecule has 1 aliphatic heterocycles. The molecule has 1 atom stereocenters. The minimum atomic E-state index is -0.581. The lowest BCUT2D eigenvalue weighted by molar-refractivity contribution is -0.118. The van der Waals surface area contributed by atoms with E-state index in [4.69, 9.17) is 26.9 Å². The summed E-state index contributed by atoms with van der Waals surface area (Å²) in [6.07, 6.45) is 3.47. The third-order valence-electron chi connectivity index (χ3n) is 5.72. The van der Waals surface area contributed by atoms with Crippen molar-refractivity contribution in [2.75, 3.05) is 0 Å². The van der Waals surface area contributed by atoms with Crippen LogP contribution in [-0.2, 0) is 11.8 Å². The van der Waals surface area contributed by atoms with Crippen molar-refractivity contribution in [2.45, 2.75) is 26.3 Å². The number of halogens is 1. The zero-order valence-corrected chi connectivity index (χ0v) is 20.3. The molecule has 4 heterocycles. The van der Waals surface area contributed by atoms with E-state index in [9.17, 15) is 4.79 Å². The fourth-order valence-electron chi connectivity index (χ4n) is 4.02. The molecule has 5 rings (SSSR count). The van der Waals surface area contributed by atoms with Crippen molar-refractivity contribution in [2.24, 2.45) is 17.8 Å². The van der Waals surface area contributed by atoms with Gasteiger partial charge in [-0.2, -0.15) is 0 Å². The van der Waals surface area contributed by atoms with E-state index >= 15 is 0 Å². The maximum absolute atomic E-state index is 11.9. The monoisotopic (exact) mass is 489 g/mol. The SMILES string of the molecule is Cc1noc2c1-c1sc(C#Cc3cncn3C)c(C)c1C(c1ccc(Cl)cc1)=N[C@H]2CC(N)=O. The summed E-state index contributed by atoms with van der Waals surface area (Å²) in [6.45, 7) is 3.92. The zero-order valence-electron chi connectivity index (χ0n) is 18.7. The predicted octanol–water partition coefficient (Wildman–Crippen LogP) is 4.57. The van der Waals surface area contributed by atoms with Gasteiger partial charge >= 0.3 is 0 Å². The largest absolute Gasteiger partial charge is 0.370 e. The highest BCUT2D eigenvalue weighted by atomic mass is 35.5. The molecule has 0 saturated heterocycles. The van der Waals surface area contributed by atoms with Crippen LogP contribution in [0.15, 0.2) is 46.3 Å². The lowest BCUT2D eigenvalue weighted by Gasteiger charge is -2.11. The van der Waals surface area contributed by atoms with Gasteiger partial charge in [-0.15, -0.1) is 11.3 Å². The number of fused-ring (bicyclic) bond motifs is 3. The molecule has 170 valence electrons. The van der Waals surface area contributed by atoms with Crippen LogP contribution in [-0.4, -0.2) is 26.3 Å². The lowest BCUT2D eigenvalue weighted by atomic mass is 9.96. The summed E-state index contributed by atoms with van der Waals surface area (Å²) < 4.78 is 7.57. The molecule has 1 aromatic carbocycles. The first kappa shape index (κ1) is 22.1. The van der Waals surface area contributed by atoms with Crippen LogP contribution in [0, 0.1) is 25.7 Å². The number of aliphatic imine (C=N–C) groups is 1. The van der Waals surface area contributed by atoms with Gasteiger partial charge < -0.3 is 14.8 Å². The maximum Gasteiger partial charge on any atom is 0.220 e. The van der Waals surface area contributed by atoms with Gasteiger partial charge in [0.2, 0.25) is 5.91 Å². The molecular weight excluding hydrogens is 470 g/mol. The molecule has 1 aliphatic rings. The molecule has 0 fully saturated rings. The Bertz CT molecular complexity index is 1510. The number of imidazole rings is 1. The minimum Gasteiger partial charge on any atom is -0.370 e. The molecule has 0 spiro atoms. The molecule has 7 nitrogen and oxygen atoms in total. The number of nitrogens with zero attached hydrogens (tertiary/aromatic N) is 4. The second-order valence-electron chi connectivity index (χ2n) is 8.08. The van der Waals surface area contributed by atoms with Gasteiger partial charge in [0.25, 0.3) is 0 Å². The van der Waals surface area contributed by atoms with Gasteiger partial charge in [0.05, 0.1) is 45.7 Å². The number of thiophene rings is 1. The number of benzene rings is 1. The van der Waals surface area contributed by atoms with Gasteiger partial charge in [-0.25, -0.2) is 4.98 Å². The third-order valence-corrected chi connectivity index (χ3v) is 7.20. The Hall–Kier alpha value is -3.67. The Labute approximate surface area is 205 Å². The smallest absolute Gasteiger partial charge is 0.220 e. The van der Waals surface area contributed by atoms with Gasteiger partial charge in [0.15, 0.2) is 5.76 Å². The Morgan fingerprint density at radius 1 is 1.24 bits per heavy atom. The number of carbonyl (C=O) groups is 1. The first-order chi connectivity index (χ1) is 16.3. The number of aromatic nitrogens is 3. The quantitative estimate of drug-likeness (QED) is 0.426. The van der Waals surface area contributed by atoms with E-state index in [0.29, 0.717) is 10.8 Å². The Morgan fingerprint density at radius 2 is 2.00 bits per heavy atom. The van der Waals surface area contributed by atoms with Crippen LogP contribution in [0.2, 0.25) is 5.02 Å². The van der Waals surface area contributed by atoms with Gasteiger partial charge in [0, 0.05) is 23.2 Å². The Morgan fingerprint density at radius 3 is 2.68 bits per heavy atom. The fraction of sp³-hybridized carbons (Fsp3) is 0.200. The number of carbonyl (C=O) groups excluding carboxylic acids is 1. The van der Waals surface area contributed by atoms with Crippen LogP contribution in [0.5, 0.6) is 0 Å². The highest BCUT2D eigenvalue weighted by Gasteiger charge is 2.34. The first-order valence-corrected chi connectivity index (χ1v) is 11.7. The number of amides is 1. The van der Waals surface area contributed by atoms with Crippen LogP contribution < -0.4 is 5.73 Å². The number of aryl methyl sites for hydroxylation is 2. The summed E-state index contributed by atoms with van der Waals surface area (Å²) in [5.41, 5.74) is 11.5. The summed E-state index contributed by atoms with van der Waals surface area (Å²) in [5, 5.41) is 4.82. The summed E-state index contributed by atoms with van der Waals surface area (Å²) in [6, 6.07) is 6.90. The van der Waals surface area contributed by atoms with Crippen LogP contribution >= 0.6 is 22.9 Å². The van der Waals surface area contributed by atoms with E-state index < -0.39 is 11.9 Å². The van der Waals surface area contributed by atoms with E-state index in [1.54, 1.807) is 23.9 Å². The number of primary amides is 1. The minimum absolute atomic E-state index is 0.0138. The number of nitrogens with two attached hydrogens (primary N) is 1. The summed E-state index contributed by atoms with van der Waals surface area (Å²) in [7, 11) is 1.91. The average molecular weight is 490 g/mol. The van der Waals surface area contributed by atoms with Crippen molar-refractivity contribution in [1.82, 2.24) is 14.7 Å². The Balaban J connectivity index is 1.77. The van der Waals surface area contributed by atoms with Crippen LogP contribution in [0.4, 0.5) is 0 Å². The molecule has 1 amide bonds. The molecule has 0 radical (unpaired) electrons. The summed E-state index contributed by atoms with van der Waals surface area (Å²) in [5.74, 6) is 6.59. The van der Waals surface area contributed by atoms with Crippen molar-refractivity contribution in [1.29, 1.82) is 0 Å². The average Bonchev–Trinajstić information content (AvgIpc) is 3.45. The molecule has 3 aromatic heterocycles. The Kier molecular flexibility index (Phi) is 5.60. The van der Waals surface area contributed by atoms with Crippen molar-refractivity contribution in [3.8, 4) is 22.3 Å². The van der Waals surface area contributed by atoms with Crippen LogP contribution in [0.3, 0.4) is 0 Å². The molecule has 4 aromatic rings. The maximum atomic E-state index is 11.9. The van der Waals surface area contributed by atoms with E-state index in [0.717, 1.165) is 49.1 Å². The summed E-state index contributed by atoms with van der Waals surface area (Å²) >= 11 is 7.71. The zero-order chi connectivity index (χ0) is 24.0. The first-order valence-electron chi connectivity index (χ1n) is 10.5. The number of rotatable bonds is 3. The van der Waals surface area contributed by atoms with Crippen LogP contribution in [0.25, 0.3) is 10.4 Å². The van der Waals surface area contributed by atoms with E-state index in [1.807, 2.05) is 49.7 Å². The molecule has 0 unspecified atom stereocenters. The van der Waals surface area contributed by atoms with Crippen molar-refractivity contribution < 1.29 is 9.32 Å². The predicted molar refractivity (Wildman–Crippen MR) is 132 cm³/mol. The van der Waals surface area contributed by atoms with Crippen molar-refractivity contribution in [3.63, 3.8) is 0 Å². The topological polar surface area (TPSA) is 99.3 Å². The number of hydrogen-bond donors (Lipinski definition) is 1. The van der Waals surface area contributed by atoms with Gasteiger partial charge in [-0.05, 0) is 43.4 Å². The highest BCUT2D eigenvalue weighted by Crippen LogP contribution is 2.46. The van der Waals surface area contributed by atoms with Crippen molar-refractivity contribution >= 4 is 34.6 Å². The molecule has 2 N–H and O–H groups in total. The van der Waals surface area contributed by atoms with E-state index in [1.165, 1.54) is 0 Å². The second kappa shape index (κ2) is 8.60. The van der Waals surface area contributed by atoms with E-state index in [2.05, 4.69) is 22.0 Å². The fourth-order valence-corrected chi connectivity index (χ4v) is 5.41. The van der Waals surface area contributed by atoms with Crippen molar-refractivity contribution in [3.05, 3.63) is 80.5 Å². The second-order valence-corrected chi connectivity index (χ2v) is 9.54. The van der Waals surface area contributed by atoms with Gasteiger partial charge in [0.1, 0.15) is 11.7 Å².